The first-order valence-corrected chi connectivity index (χ1v) is 11.4. The van der Waals surface area contributed by atoms with Crippen molar-refractivity contribution in [3.8, 4) is 21.0 Å². The summed E-state index contributed by atoms with van der Waals surface area (Å²) in [4.78, 5) is 26.9. The van der Waals surface area contributed by atoms with Crippen molar-refractivity contribution in [2.75, 3.05) is 6.61 Å². The van der Waals surface area contributed by atoms with Crippen molar-refractivity contribution >= 4 is 23.5 Å². The number of aliphatic imine (C=N–C) groups is 1. The molecule has 0 fully saturated rings. The van der Waals surface area contributed by atoms with Crippen LogP contribution in [0.3, 0.4) is 0 Å². The monoisotopic (exact) mass is 459 g/mol. The van der Waals surface area contributed by atoms with Crippen molar-refractivity contribution in [1.29, 1.82) is 0 Å². The van der Waals surface area contributed by atoms with Gasteiger partial charge in [-0.05, 0) is 48.7 Å². The van der Waals surface area contributed by atoms with Crippen LogP contribution in [0.25, 0.3) is 21.0 Å². The van der Waals surface area contributed by atoms with E-state index in [-0.39, 0.29) is 24.2 Å². The largest absolute Gasteiger partial charge is 0.396 e. The number of thiazole rings is 1. The number of hydrogen-bond acceptors (Lipinski definition) is 5. The molecule has 2 aromatic carbocycles. The Morgan fingerprint density at radius 3 is 2.61 bits per heavy atom. The second-order valence-corrected chi connectivity index (χ2v) is 8.49. The summed E-state index contributed by atoms with van der Waals surface area (Å²) in [6, 6.07) is 19.1. The standard InChI is InChI=1S/C26H22FN3O2S/c27-20-10-8-19(9-11-20)24-17-30-26(33-24)23-7-2-1-6-22(23)25(32)29-16-18(12-14-31)15-21-5-3-4-13-28-21/h1-11,13,16-18,31H,12,14-15H2/b29-16+. The van der Waals surface area contributed by atoms with Crippen LogP contribution in [0.15, 0.2) is 84.1 Å². The van der Waals surface area contributed by atoms with E-state index in [4.69, 9.17) is 0 Å². The van der Waals surface area contributed by atoms with E-state index in [1.165, 1.54) is 23.5 Å². The summed E-state index contributed by atoms with van der Waals surface area (Å²) in [7, 11) is 0. The lowest BCUT2D eigenvalue weighted by Crippen LogP contribution is -2.11. The molecule has 7 heteroatoms. The van der Waals surface area contributed by atoms with Crippen molar-refractivity contribution in [2.24, 2.45) is 10.9 Å². The van der Waals surface area contributed by atoms with Gasteiger partial charge in [0, 0.05) is 42.4 Å². The molecule has 1 unspecified atom stereocenters. The molecule has 1 amide bonds. The van der Waals surface area contributed by atoms with Crippen LogP contribution in [-0.4, -0.2) is 33.8 Å². The molecule has 4 rings (SSSR count). The number of aromatic nitrogens is 2. The molecule has 0 spiro atoms. The lowest BCUT2D eigenvalue weighted by atomic mass is 10.0. The number of benzene rings is 2. The van der Waals surface area contributed by atoms with E-state index in [9.17, 15) is 14.3 Å². The summed E-state index contributed by atoms with van der Waals surface area (Å²) in [5.41, 5.74) is 2.89. The second kappa shape index (κ2) is 10.8. The molecule has 1 N–H and O–H groups in total. The van der Waals surface area contributed by atoms with Crippen LogP contribution in [0.1, 0.15) is 22.5 Å². The summed E-state index contributed by atoms with van der Waals surface area (Å²) in [5.74, 6) is -0.765. The van der Waals surface area contributed by atoms with Gasteiger partial charge in [0.15, 0.2) is 0 Å². The van der Waals surface area contributed by atoms with E-state index in [1.54, 1.807) is 42.9 Å². The van der Waals surface area contributed by atoms with E-state index >= 15 is 0 Å². The van der Waals surface area contributed by atoms with E-state index in [1.807, 2.05) is 30.3 Å². The topological polar surface area (TPSA) is 75.4 Å². The van der Waals surface area contributed by atoms with Crippen LogP contribution in [0.4, 0.5) is 4.39 Å². The predicted molar refractivity (Wildman–Crippen MR) is 129 cm³/mol. The highest BCUT2D eigenvalue weighted by Gasteiger charge is 2.16. The van der Waals surface area contributed by atoms with Crippen molar-refractivity contribution < 1.29 is 14.3 Å². The van der Waals surface area contributed by atoms with Gasteiger partial charge in [0.25, 0.3) is 5.91 Å². The number of aliphatic hydroxyl groups excluding tert-OH is 1. The van der Waals surface area contributed by atoms with Crippen LogP contribution in [-0.2, 0) is 6.42 Å². The SMILES string of the molecule is O=C(/N=C/C(CCO)Cc1ccccn1)c1ccccc1-c1ncc(-c2ccc(F)cc2)s1. The van der Waals surface area contributed by atoms with Crippen molar-refractivity contribution in [3.05, 3.63) is 96.2 Å². The van der Waals surface area contributed by atoms with Gasteiger partial charge in [0.1, 0.15) is 10.8 Å². The highest BCUT2D eigenvalue weighted by molar-refractivity contribution is 7.18. The van der Waals surface area contributed by atoms with Gasteiger partial charge in [0.05, 0.1) is 10.4 Å². The third-order valence-electron chi connectivity index (χ3n) is 5.12. The summed E-state index contributed by atoms with van der Waals surface area (Å²) < 4.78 is 13.2. The number of amides is 1. The van der Waals surface area contributed by atoms with Gasteiger partial charge in [-0.2, -0.15) is 0 Å². The first-order chi connectivity index (χ1) is 16.1. The normalized spacial score (nSPS) is 12.2. The van der Waals surface area contributed by atoms with E-state index < -0.39 is 0 Å². The number of nitrogens with zero attached hydrogens (tertiary/aromatic N) is 3. The van der Waals surface area contributed by atoms with Crippen molar-refractivity contribution in [3.63, 3.8) is 0 Å². The number of aliphatic hydroxyl groups is 1. The average Bonchev–Trinajstić information content (AvgIpc) is 3.34. The third-order valence-corrected chi connectivity index (χ3v) is 6.20. The predicted octanol–water partition coefficient (Wildman–Crippen LogP) is 5.46. The summed E-state index contributed by atoms with van der Waals surface area (Å²) in [5, 5.41) is 10.1. The van der Waals surface area contributed by atoms with Gasteiger partial charge in [0.2, 0.25) is 0 Å². The van der Waals surface area contributed by atoms with Gasteiger partial charge in [-0.1, -0.05) is 36.4 Å². The van der Waals surface area contributed by atoms with Gasteiger partial charge in [-0.25, -0.2) is 14.4 Å². The fraction of sp³-hybridized carbons (Fsp3) is 0.154. The highest BCUT2D eigenvalue weighted by Crippen LogP contribution is 2.34. The minimum Gasteiger partial charge on any atom is -0.396 e. The number of carbonyl (C=O) groups is 1. The first-order valence-electron chi connectivity index (χ1n) is 10.5. The Morgan fingerprint density at radius 2 is 1.85 bits per heavy atom. The van der Waals surface area contributed by atoms with Gasteiger partial charge < -0.3 is 5.11 Å². The number of rotatable bonds is 8. The number of carbonyl (C=O) groups excluding carboxylic acids is 1. The molecule has 4 aromatic rings. The van der Waals surface area contributed by atoms with Crippen LogP contribution in [0.5, 0.6) is 0 Å². The van der Waals surface area contributed by atoms with Crippen LogP contribution >= 0.6 is 11.3 Å². The smallest absolute Gasteiger partial charge is 0.277 e. The maximum atomic E-state index is 13.2. The molecule has 0 aliphatic rings. The molecule has 0 saturated carbocycles. The highest BCUT2D eigenvalue weighted by atomic mass is 32.1. The zero-order valence-corrected chi connectivity index (χ0v) is 18.6. The van der Waals surface area contributed by atoms with Crippen molar-refractivity contribution in [1.82, 2.24) is 9.97 Å². The number of hydrogen-bond donors (Lipinski definition) is 1. The summed E-state index contributed by atoms with van der Waals surface area (Å²) in [6.07, 6.45) is 6.13. The van der Waals surface area contributed by atoms with E-state index in [2.05, 4.69) is 15.0 Å². The molecule has 0 aliphatic carbocycles. The van der Waals surface area contributed by atoms with Gasteiger partial charge in [-0.3, -0.25) is 9.78 Å². The first kappa shape index (κ1) is 22.6. The maximum absolute atomic E-state index is 13.2. The zero-order chi connectivity index (χ0) is 23.0. The number of pyridine rings is 1. The molecule has 2 heterocycles. The summed E-state index contributed by atoms with van der Waals surface area (Å²) >= 11 is 1.43. The minimum absolute atomic E-state index is 0.000421. The molecular weight excluding hydrogens is 437 g/mol. The minimum atomic E-state index is -0.368. The van der Waals surface area contributed by atoms with E-state index in [0.29, 0.717) is 29.0 Å². The van der Waals surface area contributed by atoms with Gasteiger partial charge in [-0.15, -0.1) is 11.3 Å². The maximum Gasteiger partial charge on any atom is 0.277 e. The Hall–Kier alpha value is -3.55. The Morgan fingerprint density at radius 1 is 1.06 bits per heavy atom. The average molecular weight is 460 g/mol. The molecule has 0 saturated heterocycles. The Balaban J connectivity index is 1.55. The Labute approximate surface area is 195 Å². The molecule has 33 heavy (non-hydrogen) atoms. The van der Waals surface area contributed by atoms with Gasteiger partial charge >= 0.3 is 0 Å². The van der Waals surface area contributed by atoms with Crippen LogP contribution < -0.4 is 0 Å². The molecule has 0 bridgehead atoms. The molecule has 0 radical (unpaired) electrons. The molecule has 1 atom stereocenters. The molecule has 5 nitrogen and oxygen atoms in total. The quantitative estimate of drug-likeness (QED) is 0.355. The molecule has 2 aromatic heterocycles. The Bertz CT molecular complexity index is 1240. The summed E-state index contributed by atoms with van der Waals surface area (Å²) in [6.45, 7) is -0.000421. The van der Waals surface area contributed by atoms with E-state index in [0.717, 1.165) is 16.1 Å². The van der Waals surface area contributed by atoms with Crippen LogP contribution in [0, 0.1) is 11.7 Å². The third kappa shape index (κ3) is 5.83. The zero-order valence-electron chi connectivity index (χ0n) is 17.8. The lowest BCUT2D eigenvalue weighted by molar-refractivity contribution is 0.100. The number of halogens is 1. The Kier molecular flexibility index (Phi) is 7.44. The van der Waals surface area contributed by atoms with Crippen LogP contribution in [0.2, 0.25) is 0 Å². The second-order valence-electron chi connectivity index (χ2n) is 7.46. The molecule has 0 aliphatic heterocycles. The molecular formula is C26H22FN3O2S. The fourth-order valence-corrected chi connectivity index (χ4v) is 4.39. The van der Waals surface area contributed by atoms with Crippen molar-refractivity contribution in [2.45, 2.75) is 12.8 Å². The molecule has 166 valence electrons. The fourth-order valence-electron chi connectivity index (χ4n) is 3.43. The lowest BCUT2D eigenvalue weighted by Gasteiger charge is -2.10.